The molecule has 3 nitrogen and oxygen atoms in total. The first-order chi connectivity index (χ1) is 9.26. The molecule has 2 heterocycles. The molecule has 0 aliphatic rings. The molecule has 0 fully saturated rings. The number of nitrogens with zero attached hydrogens (tertiary/aromatic N) is 2. The lowest BCUT2D eigenvalue weighted by molar-refractivity contribution is 0.515. The Hall–Kier alpha value is -1.13. The minimum absolute atomic E-state index is 0.370. The molecular formula is C15H23N3S. The predicted molar refractivity (Wildman–Crippen MR) is 81.7 cm³/mol. The van der Waals surface area contributed by atoms with E-state index < -0.39 is 0 Å². The van der Waals surface area contributed by atoms with E-state index in [4.69, 9.17) is 0 Å². The van der Waals surface area contributed by atoms with Crippen molar-refractivity contribution in [3.63, 3.8) is 0 Å². The maximum Gasteiger partial charge on any atom is 0.110 e. The van der Waals surface area contributed by atoms with Crippen LogP contribution in [0.3, 0.4) is 0 Å². The highest BCUT2D eigenvalue weighted by molar-refractivity contribution is 7.08. The predicted octanol–water partition coefficient (Wildman–Crippen LogP) is 3.56. The standard InChI is InChI=1S/C15H23N3S/c1-4-7-18-8-6-17-15(18)9-14(16-5-2)13-11-19-10-12(13)3/h6,8,10-11,14,16H,4-5,7,9H2,1-3H3. The second-order valence-corrected chi connectivity index (χ2v) is 5.60. The van der Waals surface area contributed by atoms with Crippen LogP contribution >= 0.6 is 11.3 Å². The molecule has 0 saturated carbocycles. The molecule has 1 atom stereocenters. The molecule has 0 saturated heterocycles. The average molecular weight is 277 g/mol. The maximum atomic E-state index is 4.52. The maximum absolute atomic E-state index is 4.52. The summed E-state index contributed by atoms with van der Waals surface area (Å²) in [4.78, 5) is 4.52. The summed E-state index contributed by atoms with van der Waals surface area (Å²) in [7, 11) is 0. The number of likely N-dealkylation sites (N-methyl/N-ethyl adjacent to an activating group) is 1. The van der Waals surface area contributed by atoms with Crippen LogP contribution in [0, 0.1) is 6.92 Å². The van der Waals surface area contributed by atoms with E-state index in [1.807, 2.05) is 6.20 Å². The fourth-order valence-corrected chi connectivity index (χ4v) is 3.33. The van der Waals surface area contributed by atoms with Crippen LogP contribution in [0.5, 0.6) is 0 Å². The van der Waals surface area contributed by atoms with Gasteiger partial charge in [-0.2, -0.15) is 11.3 Å². The largest absolute Gasteiger partial charge is 0.335 e. The van der Waals surface area contributed by atoms with Crippen LogP contribution < -0.4 is 5.32 Å². The van der Waals surface area contributed by atoms with Gasteiger partial charge in [0.25, 0.3) is 0 Å². The van der Waals surface area contributed by atoms with Crippen molar-refractivity contribution in [1.29, 1.82) is 0 Å². The van der Waals surface area contributed by atoms with Crippen molar-refractivity contribution in [3.05, 3.63) is 40.1 Å². The van der Waals surface area contributed by atoms with Gasteiger partial charge in [-0.25, -0.2) is 4.98 Å². The Morgan fingerprint density at radius 3 is 2.84 bits per heavy atom. The number of hydrogen-bond donors (Lipinski definition) is 1. The second-order valence-electron chi connectivity index (χ2n) is 4.86. The molecule has 104 valence electrons. The molecule has 0 spiro atoms. The third-order valence-corrected chi connectivity index (χ3v) is 4.25. The molecule has 1 unspecified atom stereocenters. The SMILES string of the molecule is CCCn1ccnc1CC(NCC)c1cscc1C. The fourth-order valence-electron chi connectivity index (χ4n) is 2.42. The monoisotopic (exact) mass is 277 g/mol. The Bertz CT molecular complexity index is 501. The van der Waals surface area contributed by atoms with E-state index in [9.17, 15) is 0 Å². The summed E-state index contributed by atoms with van der Waals surface area (Å²) in [5, 5.41) is 8.07. The van der Waals surface area contributed by atoms with Gasteiger partial charge in [0.15, 0.2) is 0 Å². The normalized spacial score (nSPS) is 12.8. The molecular weight excluding hydrogens is 254 g/mol. The van der Waals surface area contributed by atoms with Gasteiger partial charge in [0.2, 0.25) is 0 Å². The summed E-state index contributed by atoms with van der Waals surface area (Å²) >= 11 is 1.78. The van der Waals surface area contributed by atoms with E-state index in [2.05, 4.69) is 52.6 Å². The lowest BCUT2D eigenvalue weighted by Crippen LogP contribution is -2.24. The van der Waals surface area contributed by atoms with Gasteiger partial charge in [-0.15, -0.1) is 0 Å². The van der Waals surface area contributed by atoms with E-state index in [1.54, 1.807) is 11.3 Å². The van der Waals surface area contributed by atoms with Crippen LogP contribution in [0.4, 0.5) is 0 Å². The number of nitrogens with one attached hydrogen (secondary N) is 1. The highest BCUT2D eigenvalue weighted by Crippen LogP contribution is 2.24. The van der Waals surface area contributed by atoms with Gasteiger partial charge in [-0.1, -0.05) is 13.8 Å². The topological polar surface area (TPSA) is 29.9 Å². The number of aryl methyl sites for hydroxylation is 2. The van der Waals surface area contributed by atoms with Crippen molar-refractivity contribution in [3.8, 4) is 0 Å². The van der Waals surface area contributed by atoms with E-state index in [1.165, 1.54) is 17.0 Å². The zero-order valence-electron chi connectivity index (χ0n) is 12.0. The minimum atomic E-state index is 0.370. The Morgan fingerprint density at radius 2 is 2.21 bits per heavy atom. The summed E-state index contributed by atoms with van der Waals surface area (Å²) in [6, 6.07) is 0.370. The molecule has 0 bridgehead atoms. The second kappa shape index (κ2) is 6.87. The summed E-state index contributed by atoms with van der Waals surface area (Å²) in [6.45, 7) is 8.59. The molecule has 0 aromatic carbocycles. The minimum Gasteiger partial charge on any atom is -0.335 e. The number of imidazole rings is 1. The van der Waals surface area contributed by atoms with Crippen molar-refractivity contribution in [2.45, 2.75) is 46.2 Å². The van der Waals surface area contributed by atoms with E-state index in [0.717, 1.165) is 25.9 Å². The number of thiophene rings is 1. The van der Waals surface area contributed by atoms with Crippen molar-refractivity contribution in [2.24, 2.45) is 0 Å². The van der Waals surface area contributed by atoms with Crippen molar-refractivity contribution >= 4 is 11.3 Å². The van der Waals surface area contributed by atoms with Crippen LogP contribution in [0.2, 0.25) is 0 Å². The zero-order chi connectivity index (χ0) is 13.7. The third kappa shape index (κ3) is 3.45. The zero-order valence-corrected chi connectivity index (χ0v) is 12.8. The van der Waals surface area contributed by atoms with Crippen LogP contribution in [-0.4, -0.2) is 16.1 Å². The van der Waals surface area contributed by atoms with Crippen LogP contribution in [0.25, 0.3) is 0 Å². The van der Waals surface area contributed by atoms with Gasteiger partial charge in [-0.05, 0) is 41.8 Å². The van der Waals surface area contributed by atoms with Crippen molar-refractivity contribution < 1.29 is 0 Å². The Labute approximate surface area is 119 Å². The van der Waals surface area contributed by atoms with Gasteiger partial charge in [-0.3, -0.25) is 0 Å². The van der Waals surface area contributed by atoms with Crippen LogP contribution in [0.1, 0.15) is 43.3 Å². The summed E-state index contributed by atoms with van der Waals surface area (Å²) < 4.78 is 2.27. The van der Waals surface area contributed by atoms with Crippen LogP contribution in [-0.2, 0) is 13.0 Å². The average Bonchev–Trinajstić information content (AvgIpc) is 2.99. The van der Waals surface area contributed by atoms with Gasteiger partial charge in [0.1, 0.15) is 5.82 Å². The van der Waals surface area contributed by atoms with Gasteiger partial charge >= 0.3 is 0 Å². The molecule has 2 rings (SSSR count). The van der Waals surface area contributed by atoms with E-state index in [-0.39, 0.29) is 0 Å². The molecule has 0 radical (unpaired) electrons. The molecule has 2 aromatic rings. The van der Waals surface area contributed by atoms with Crippen molar-refractivity contribution in [2.75, 3.05) is 6.54 Å². The van der Waals surface area contributed by atoms with Gasteiger partial charge in [0.05, 0.1) is 0 Å². The molecule has 0 amide bonds. The highest BCUT2D eigenvalue weighted by Gasteiger charge is 2.16. The number of aromatic nitrogens is 2. The smallest absolute Gasteiger partial charge is 0.110 e. The molecule has 0 aliphatic carbocycles. The van der Waals surface area contributed by atoms with Gasteiger partial charge < -0.3 is 9.88 Å². The third-order valence-electron chi connectivity index (χ3n) is 3.37. The van der Waals surface area contributed by atoms with E-state index >= 15 is 0 Å². The lowest BCUT2D eigenvalue weighted by atomic mass is 10.0. The van der Waals surface area contributed by atoms with Gasteiger partial charge in [0, 0.05) is 31.4 Å². The Kier molecular flexibility index (Phi) is 5.16. The van der Waals surface area contributed by atoms with Crippen LogP contribution in [0.15, 0.2) is 23.2 Å². The first kappa shape index (κ1) is 14.3. The molecule has 0 aliphatic heterocycles. The fraction of sp³-hybridized carbons (Fsp3) is 0.533. The quantitative estimate of drug-likeness (QED) is 0.838. The van der Waals surface area contributed by atoms with E-state index in [0.29, 0.717) is 6.04 Å². The van der Waals surface area contributed by atoms with Crippen molar-refractivity contribution in [1.82, 2.24) is 14.9 Å². The molecule has 2 aromatic heterocycles. The number of rotatable bonds is 7. The number of hydrogen-bond acceptors (Lipinski definition) is 3. The first-order valence-corrected chi connectivity index (χ1v) is 7.96. The summed E-state index contributed by atoms with van der Waals surface area (Å²) in [5.41, 5.74) is 2.79. The summed E-state index contributed by atoms with van der Waals surface area (Å²) in [6.07, 6.45) is 6.10. The molecule has 1 N–H and O–H groups in total. The Morgan fingerprint density at radius 1 is 1.37 bits per heavy atom. The Balaban J connectivity index is 2.17. The lowest BCUT2D eigenvalue weighted by Gasteiger charge is -2.18. The molecule has 4 heteroatoms. The highest BCUT2D eigenvalue weighted by atomic mass is 32.1. The summed E-state index contributed by atoms with van der Waals surface area (Å²) in [5.74, 6) is 1.18. The first-order valence-electron chi connectivity index (χ1n) is 7.02. The molecule has 19 heavy (non-hydrogen) atoms.